The topological polar surface area (TPSA) is 50.5 Å². The number of nitrogens with one attached hydrogen (secondary N) is 1. The minimum atomic E-state index is -0.223. The number of nitrogens with zero attached hydrogens (tertiary/aromatic N) is 2. The first kappa shape index (κ1) is 24.0. The van der Waals surface area contributed by atoms with Crippen molar-refractivity contribution in [2.75, 3.05) is 4.90 Å². The highest BCUT2D eigenvalue weighted by atomic mass is 35.5. The maximum absolute atomic E-state index is 6.46. The number of furan rings is 1. The van der Waals surface area contributed by atoms with Gasteiger partial charge in [-0.1, -0.05) is 29.8 Å². The summed E-state index contributed by atoms with van der Waals surface area (Å²) in [6.45, 7) is 1.99. The lowest BCUT2D eigenvalue weighted by atomic mass is 10.0. The van der Waals surface area contributed by atoms with Gasteiger partial charge in [-0.2, -0.15) is 0 Å². The Morgan fingerprint density at radius 1 is 1.03 bits per heavy atom. The molecule has 2 aromatic carbocycles. The largest absolute Gasteiger partial charge is 0.490 e. The van der Waals surface area contributed by atoms with Crippen molar-refractivity contribution in [3.8, 4) is 17.1 Å². The number of rotatable bonds is 6. The van der Waals surface area contributed by atoms with Gasteiger partial charge in [0.05, 0.1) is 17.8 Å². The molecule has 3 heterocycles. The summed E-state index contributed by atoms with van der Waals surface area (Å²) in [6, 6.07) is 23.7. The zero-order valence-corrected chi connectivity index (χ0v) is 22.1. The van der Waals surface area contributed by atoms with Gasteiger partial charge in [-0.3, -0.25) is 4.98 Å². The standard InChI is InChI=1S/C30H28ClN3O2S/c1-19-9-10-20(18-24(19)31)26-15-16-27(36-26)29-28(25-8-4-5-17-32-25)33-30(37)34(29)21-11-13-23(14-12-21)35-22-6-2-3-7-22/h4-5,8-18,22,28-29H,2-3,6-7H2,1H3,(H,33,37)/t28-,29-/m0/s1. The quantitative estimate of drug-likeness (QED) is 0.257. The van der Waals surface area contributed by atoms with Gasteiger partial charge in [0, 0.05) is 22.5 Å². The van der Waals surface area contributed by atoms with Crippen molar-refractivity contribution in [2.24, 2.45) is 0 Å². The molecule has 2 aliphatic rings. The number of hydrogen-bond donors (Lipinski definition) is 1. The molecule has 2 aromatic heterocycles. The van der Waals surface area contributed by atoms with Gasteiger partial charge in [0.25, 0.3) is 0 Å². The average molecular weight is 530 g/mol. The molecule has 6 rings (SSSR count). The van der Waals surface area contributed by atoms with Crippen LogP contribution >= 0.6 is 23.8 Å². The van der Waals surface area contributed by atoms with E-state index in [4.69, 9.17) is 33.0 Å². The molecule has 4 aromatic rings. The predicted molar refractivity (Wildman–Crippen MR) is 151 cm³/mol. The summed E-state index contributed by atoms with van der Waals surface area (Å²) in [5, 5.41) is 4.83. The molecule has 1 N–H and O–H groups in total. The highest BCUT2D eigenvalue weighted by molar-refractivity contribution is 7.80. The zero-order chi connectivity index (χ0) is 25.4. The maximum Gasteiger partial charge on any atom is 0.174 e. The van der Waals surface area contributed by atoms with Crippen LogP contribution in [0.2, 0.25) is 5.02 Å². The van der Waals surface area contributed by atoms with E-state index in [1.807, 2.05) is 67.6 Å². The molecule has 0 bridgehead atoms. The third-order valence-corrected chi connectivity index (χ3v) is 7.91. The van der Waals surface area contributed by atoms with Crippen LogP contribution in [0.4, 0.5) is 5.69 Å². The fraction of sp³-hybridized carbons (Fsp3) is 0.267. The number of aromatic nitrogens is 1. The number of anilines is 1. The van der Waals surface area contributed by atoms with Crippen molar-refractivity contribution in [3.63, 3.8) is 0 Å². The number of hydrogen-bond acceptors (Lipinski definition) is 4. The SMILES string of the molecule is Cc1ccc(-c2ccc([C@H]3[C@H](c4ccccn4)NC(=S)N3c3ccc(OC4CCCC4)cc3)o2)cc1Cl. The number of aryl methyl sites for hydroxylation is 1. The van der Waals surface area contributed by atoms with E-state index in [0.717, 1.165) is 52.6 Å². The van der Waals surface area contributed by atoms with Crippen molar-refractivity contribution >= 4 is 34.6 Å². The Kier molecular flexibility index (Phi) is 6.61. The van der Waals surface area contributed by atoms with Gasteiger partial charge in [-0.15, -0.1) is 0 Å². The zero-order valence-electron chi connectivity index (χ0n) is 20.6. The monoisotopic (exact) mass is 529 g/mol. The Labute approximate surface area is 227 Å². The van der Waals surface area contributed by atoms with E-state index >= 15 is 0 Å². The molecule has 2 atom stereocenters. The number of benzene rings is 2. The van der Waals surface area contributed by atoms with Crippen LogP contribution in [0.5, 0.6) is 5.75 Å². The smallest absolute Gasteiger partial charge is 0.174 e. The van der Waals surface area contributed by atoms with Gasteiger partial charge >= 0.3 is 0 Å². The van der Waals surface area contributed by atoms with Crippen molar-refractivity contribution in [1.29, 1.82) is 0 Å². The summed E-state index contributed by atoms with van der Waals surface area (Å²) in [4.78, 5) is 6.74. The molecular formula is C30H28ClN3O2S. The molecule has 1 saturated heterocycles. The Bertz CT molecular complexity index is 1400. The summed E-state index contributed by atoms with van der Waals surface area (Å²) < 4.78 is 12.6. The van der Waals surface area contributed by atoms with Crippen LogP contribution in [0.3, 0.4) is 0 Å². The Morgan fingerprint density at radius 2 is 1.84 bits per heavy atom. The van der Waals surface area contributed by atoms with Crippen molar-refractivity contribution < 1.29 is 9.15 Å². The Hall–Kier alpha value is -3.35. The highest BCUT2D eigenvalue weighted by Gasteiger charge is 2.42. The van der Waals surface area contributed by atoms with Gasteiger partial charge in [0.2, 0.25) is 0 Å². The van der Waals surface area contributed by atoms with Crippen LogP contribution in [0.15, 0.2) is 83.4 Å². The lowest BCUT2D eigenvalue weighted by Gasteiger charge is -2.26. The van der Waals surface area contributed by atoms with Gasteiger partial charge in [-0.25, -0.2) is 0 Å². The third kappa shape index (κ3) is 4.83. The van der Waals surface area contributed by atoms with Gasteiger partial charge < -0.3 is 19.4 Å². The third-order valence-electron chi connectivity index (χ3n) is 7.19. The van der Waals surface area contributed by atoms with E-state index in [1.165, 1.54) is 12.8 Å². The second-order valence-electron chi connectivity index (χ2n) is 9.68. The molecule has 0 unspecified atom stereocenters. The number of pyridine rings is 1. The van der Waals surface area contributed by atoms with Gasteiger partial charge in [0.1, 0.15) is 23.3 Å². The molecule has 188 valence electrons. The first-order valence-electron chi connectivity index (χ1n) is 12.7. The van der Waals surface area contributed by atoms with Crippen LogP contribution < -0.4 is 15.0 Å². The number of ether oxygens (including phenoxy) is 1. The lowest BCUT2D eigenvalue weighted by Crippen LogP contribution is -2.29. The Morgan fingerprint density at radius 3 is 2.57 bits per heavy atom. The molecule has 5 nitrogen and oxygen atoms in total. The van der Waals surface area contributed by atoms with Crippen LogP contribution in [-0.4, -0.2) is 16.2 Å². The van der Waals surface area contributed by atoms with E-state index in [0.29, 0.717) is 16.2 Å². The molecule has 1 saturated carbocycles. The Balaban J connectivity index is 1.35. The van der Waals surface area contributed by atoms with Crippen LogP contribution in [-0.2, 0) is 0 Å². The second-order valence-corrected chi connectivity index (χ2v) is 10.5. The van der Waals surface area contributed by atoms with Crippen molar-refractivity contribution in [2.45, 2.75) is 50.8 Å². The molecule has 1 aliphatic heterocycles. The van der Waals surface area contributed by atoms with E-state index in [-0.39, 0.29) is 12.1 Å². The minimum absolute atomic E-state index is 0.177. The lowest BCUT2D eigenvalue weighted by molar-refractivity contribution is 0.210. The first-order chi connectivity index (χ1) is 18.1. The highest BCUT2D eigenvalue weighted by Crippen LogP contribution is 2.43. The average Bonchev–Trinajstić information content (AvgIpc) is 3.67. The summed E-state index contributed by atoms with van der Waals surface area (Å²) in [6.07, 6.45) is 6.86. The number of thiocarbonyl (C=S) groups is 1. The van der Waals surface area contributed by atoms with Crippen molar-refractivity contribution in [3.05, 3.63) is 101 Å². The second kappa shape index (κ2) is 10.2. The predicted octanol–water partition coefficient (Wildman–Crippen LogP) is 7.80. The first-order valence-corrected chi connectivity index (χ1v) is 13.5. The summed E-state index contributed by atoms with van der Waals surface area (Å²) in [5.41, 5.74) is 3.83. The summed E-state index contributed by atoms with van der Waals surface area (Å²) in [5.74, 6) is 2.44. The van der Waals surface area contributed by atoms with E-state index in [2.05, 4.69) is 27.3 Å². The van der Waals surface area contributed by atoms with Crippen LogP contribution in [0.1, 0.15) is 54.8 Å². The van der Waals surface area contributed by atoms with E-state index in [1.54, 1.807) is 6.20 Å². The molecule has 1 aliphatic carbocycles. The maximum atomic E-state index is 6.46. The van der Waals surface area contributed by atoms with Crippen LogP contribution in [0, 0.1) is 6.92 Å². The van der Waals surface area contributed by atoms with Crippen molar-refractivity contribution in [1.82, 2.24) is 10.3 Å². The fourth-order valence-electron chi connectivity index (χ4n) is 5.22. The molecule has 0 amide bonds. The van der Waals surface area contributed by atoms with E-state index < -0.39 is 0 Å². The number of halogens is 1. The molecule has 37 heavy (non-hydrogen) atoms. The minimum Gasteiger partial charge on any atom is -0.490 e. The molecule has 0 radical (unpaired) electrons. The normalized spacial score (nSPS) is 19.8. The fourth-order valence-corrected chi connectivity index (χ4v) is 5.75. The van der Waals surface area contributed by atoms with Gasteiger partial charge in [0.15, 0.2) is 5.11 Å². The van der Waals surface area contributed by atoms with E-state index in [9.17, 15) is 0 Å². The molecule has 7 heteroatoms. The molecular weight excluding hydrogens is 502 g/mol. The summed E-state index contributed by atoms with van der Waals surface area (Å²) in [7, 11) is 0. The summed E-state index contributed by atoms with van der Waals surface area (Å²) >= 11 is 12.2. The molecule has 0 spiro atoms. The molecule has 2 fully saturated rings. The van der Waals surface area contributed by atoms with Gasteiger partial charge in [-0.05, 0) is 105 Å². The van der Waals surface area contributed by atoms with Crippen LogP contribution in [0.25, 0.3) is 11.3 Å².